The Morgan fingerprint density at radius 2 is 1.71 bits per heavy atom. The number of nitrogens with zero attached hydrogens (tertiary/aromatic N) is 2. The number of hydrogen-bond donors (Lipinski definition) is 2. The topological polar surface area (TPSA) is 82.4 Å². The number of para-hydroxylation sites is 1. The van der Waals surface area contributed by atoms with Crippen LogP contribution in [0.4, 0.5) is 0 Å². The normalized spacial score (nSPS) is 21.0. The second kappa shape index (κ2) is 8.19. The zero-order chi connectivity index (χ0) is 21.4. The fourth-order valence-corrected chi connectivity index (χ4v) is 5.10. The fourth-order valence-electron chi connectivity index (χ4n) is 5.10. The number of H-pyrrole nitrogens is 1. The van der Waals surface area contributed by atoms with Gasteiger partial charge < -0.3 is 20.5 Å². The first-order valence-electron chi connectivity index (χ1n) is 10.9. The Bertz CT molecular complexity index is 1070. The molecule has 0 bridgehead atoms. The average Bonchev–Trinajstić information content (AvgIpc) is 3.46. The zero-order valence-electron chi connectivity index (χ0n) is 17.5. The van der Waals surface area contributed by atoms with Gasteiger partial charge in [0.05, 0.1) is 0 Å². The molecule has 3 N–H and O–H groups in total. The van der Waals surface area contributed by atoms with Crippen molar-refractivity contribution >= 4 is 22.7 Å². The molecule has 2 aromatic carbocycles. The number of nitrogens with two attached hydrogens (primary N) is 1. The predicted molar refractivity (Wildman–Crippen MR) is 121 cm³/mol. The SMILES string of the molecule is NC(=O)c1ccccc1[CH]CCN1CC2CN(C(=O)c3cc4ccccc4[nH]3)C[C@@H]2C1. The van der Waals surface area contributed by atoms with E-state index in [0.29, 0.717) is 23.1 Å². The number of primary amides is 1. The molecule has 1 unspecified atom stereocenters. The monoisotopic (exact) mass is 415 g/mol. The summed E-state index contributed by atoms with van der Waals surface area (Å²) >= 11 is 0. The number of likely N-dealkylation sites (tertiary alicyclic amines) is 2. The Labute approximate surface area is 182 Å². The van der Waals surface area contributed by atoms with Gasteiger partial charge in [0, 0.05) is 42.6 Å². The largest absolute Gasteiger partial charge is 0.366 e. The van der Waals surface area contributed by atoms with E-state index in [2.05, 4.69) is 16.3 Å². The lowest BCUT2D eigenvalue weighted by Gasteiger charge is -2.21. The van der Waals surface area contributed by atoms with Gasteiger partial charge in [0.25, 0.3) is 5.91 Å². The number of rotatable bonds is 6. The third kappa shape index (κ3) is 3.95. The van der Waals surface area contributed by atoms with E-state index in [-0.39, 0.29) is 11.8 Å². The minimum absolute atomic E-state index is 0.105. The first-order chi connectivity index (χ1) is 15.1. The average molecular weight is 416 g/mol. The third-order valence-electron chi connectivity index (χ3n) is 6.65. The summed E-state index contributed by atoms with van der Waals surface area (Å²) in [6.45, 7) is 4.64. The van der Waals surface area contributed by atoms with Gasteiger partial charge in [0.1, 0.15) is 5.69 Å². The summed E-state index contributed by atoms with van der Waals surface area (Å²) in [5.74, 6) is 0.785. The molecule has 2 saturated heterocycles. The smallest absolute Gasteiger partial charge is 0.270 e. The molecule has 159 valence electrons. The Morgan fingerprint density at radius 3 is 2.45 bits per heavy atom. The molecule has 0 saturated carbocycles. The number of fused-ring (bicyclic) bond motifs is 2. The minimum Gasteiger partial charge on any atom is -0.366 e. The van der Waals surface area contributed by atoms with Gasteiger partial charge in [0.15, 0.2) is 0 Å². The molecule has 2 atom stereocenters. The molecule has 0 aliphatic carbocycles. The van der Waals surface area contributed by atoms with Crippen LogP contribution in [-0.4, -0.2) is 59.3 Å². The van der Waals surface area contributed by atoms with Crippen LogP contribution in [0, 0.1) is 18.3 Å². The van der Waals surface area contributed by atoms with Gasteiger partial charge in [-0.05, 0) is 55.0 Å². The maximum atomic E-state index is 13.0. The summed E-state index contributed by atoms with van der Waals surface area (Å²) < 4.78 is 0. The van der Waals surface area contributed by atoms with Crippen LogP contribution in [0.5, 0.6) is 0 Å². The first-order valence-corrected chi connectivity index (χ1v) is 10.9. The first kappa shape index (κ1) is 19.8. The Morgan fingerprint density at radius 1 is 1.00 bits per heavy atom. The Balaban J connectivity index is 1.13. The van der Waals surface area contributed by atoms with E-state index in [1.807, 2.05) is 53.4 Å². The molecule has 1 aromatic heterocycles. The molecule has 6 nitrogen and oxygen atoms in total. The van der Waals surface area contributed by atoms with Gasteiger partial charge in [-0.1, -0.05) is 36.4 Å². The molecule has 3 aromatic rings. The standard InChI is InChI=1S/C25H27N4O2/c26-24(30)21-9-3-1-6-17(21)8-5-11-28-13-19-15-29(16-20(19)14-28)25(31)23-12-18-7-2-4-10-22(18)27-23/h1-4,6-10,12,19-20,27H,5,11,13-16H2,(H2,26,30)/t19-,20?/m0/s1. The van der Waals surface area contributed by atoms with Crippen molar-refractivity contribution in [1.82, 2.24) is 14.8 Å². The van der Waals surface area contributed by atoms with E-state index >= 15 is 0 Å². The quantitative estimate of drug-likeness (QED) is 0.649. The summed E-state index contributed by atoms with van der Waals surface area (Å²) in [5.41, 5.74) is 8.64. The van der Waals surface area contributed by atoms with Gasteiger partial charge in [-0.2, -0.15) is 0 Å². The van der Waals surface area contributed by atoms with Crippen molar-refractivity contribution in [3.63, 3.8) is 0 Å². The molecule has 1 radical (unpaired) electrons. The van der Waals surface area contributed by atoms with Crippen LogP contribution in [0.25, 0.3) is 10.9 Å². The number of carbonyl (C=O) groups excluding carboxylic acids is 2. The highest BCUT2D eigenvalue weighted by Crippen LogP contribution is 2.32. The summed E-state index contributed by atoms with van der Waals surface area (Å²) in [6, 6.07) is 17.4. The van der Waals surface area contributed by atoms with Crippen molar-refractivity contribution in [3.8, 4) is 0 Å². The molecule has 2 amide bonds. The van der Waals surface area contributed by atoms with Gasteiger partial charge in [-0.25, -0.2) is 0 Å². The van der Waals surface area contributed by atoms with Crippen molar-refractivity contribution in [2.24, 2.45) is 17.6 Å². The number of aromatic amines is 1. The van der Waals surface area contributed by atoms with E-state index in [1.165, 1.54) is 0 Å². The molecule has 2 aliphatic rings. The van der Waals surface area contributed by atoms with E-state index < -0.39 is 0 Å². The van der Waals surface area contributed by atoms with Crippen molar-refractivity contribution in [2.45, 2.75) is 6.42 Å². The van der Waals surface area contributed by atoms with Crippen molar-refractivity contribution in [2.75, 3.05) is 32.7 Å². The van der Waals surface area contributed by atoms with E-state index in [0.717, 1.165) is 55.6 Å². The highest BCUT2D eigenvalue weighted by atomic mass is 16.2. The molecule has 2 aliphatic heterocycles. The van der Waals surface area contributed by atoms with Crippen LogP contribution < -0.4 is 5.73 Å². The molecular weight excluding hydrogens is 388 g/mol. The van der Waals surface area contributed by atoms with Gasteiger partial charge in [-0.15, -0.1) is 0 Å². The second-order valence-corrected chi connectivity index (χ2v) is 8.70. The van der Waals surface area contributed by atoms with E-state index in [4.69, 9.17) is 5.73 Å². The predicted octanol–water partition coefficient (Wildman–Crippen LogP) is 2.91. The number of benzene rings is 2. The zero-order valence-corrected chi connectivity index (χ0v) is 17.5. The lowest BCUT2D eigenvalue weighted by atomic mass is 10.0. The molecule has 3 heterocycles. The number of aromatic nitrogens is 1. The molecule has 2 fully saturated rings. The summed E-state index contributed by atoms with van der Waals surface area (Å²) in [6.07, 6.45) is 2.97. The van der Waals surface area contributed by atoms with Crippen LogP contribution >= 0.6 is 0 Å². The maximum Gasteiger partial charge on any atom is 0.270 e. The van der Waals surface area contributed by atoms with E-state index in [9.17, 15) is 9.59 Å². The maximum absolute atomic E-state index is 13.0. The van der Waals surface area contributed by atoms with Crippen molar-refractivity contribution in [1.29, 1.82) is 0 Å². The number of amides is 2. The van der Waals surface area contributed by atoms with Crippen LogP contribution in [-0.2, 0) is 0 Å². The van der Waals surface area contributed by atoms with Crippen LogP contribution in [0.1, 0.15) is 32.8 Å². The van der Waals surface area contributed by atoms with Gasteiger partial charge in [-0.3, -0.25) is 9.59 Å². The Hall–Kier alpha value is -3.12. The van der Waals surface area contributed by atoms with Gasteiger partial charge >= 0.3 is 0 Å². The third-order valence-corrected chi connectivity index (χ3v) is 6.65. The lowest BCUT2D eigenvalue weighted by Crippen LogP contribution is -2.33. The fraction of sp³-hybridized carbons (Fsp3) is 0.320. The second-order valence-electron chi connectivity index (χ2n) is 8.70. The lowest BCUT2D eigenvalue weighted by molar-refractivity contribution is 0.0769. The molecule has 5 rings (SSSR count). The van der Waals surface area contributed by atoms with Crippen LogP contribution in [0.2, 0.25) is 0 Å². The van der Waals surface area contributed by atoms with Crippen LogP contribution in [0.15, 0.2) is 54.6 Å². The van der Waals surface area contributed by atoms with Crippen LogP contribution in [0.3, 0.4) is 0 Å². The van der Waals surface area contributed by atoms with Crippen molar-refractivity contribution < 1.29 is 9.59 Å². The number of hydrogen-bond acceptors (Lipinski definition) is 3. The molecule has 31 heavy (non-hydrogen) atoms. The van der Waals surface area contributed by atoms with Gasteiger partial charge in [0.2, 0.25) is 5.91 Å². The highest BCUT2D eigenvalue weighted by molar-refractivity contribution is 5.98. The summed E-state index contributed by atoms with van der Waals surface area (Å²) in [5, 5.41) is 1.07. The van der Waals surface area contributed by atoms with E-state index in [1.54, 1.807) is 6.07 Å². The molecular formula is C25H27N4O2. The molecule has 6 heteroatoms. The molecule has 0 spiro atoms. The Kier molecular flexibility index (Phi) is 5.24. The number of carbonyl (C=O) groups is 2. The summed E-state index contributed by atoms with van der Waals surface area (Å²) in [7, 11) is 0. The number of nitrogens with one attached hydrogen (secondary N) is 1. The highest BCUT2D eigenvalue weighted by Gasteiger charge is 2.41. The summed E-state index contributed by atoms with van der Waals surface area (Å²) in [4.78, 5) is 32.3. The van der Waals surface area contributed by atoms with Crippen molar-refractivity contribution in [3.05, 3.63) is 77.8 Å². The minimum atomic E-state index is -0.387.